The summed E-state index contributed by atoms with van der Waals surface area (Å²) >= 11 is 0. The minimum absolute atomic E-state index is 0.00323. The Morgan fingerprint density at radius 1 is 0.889 bits per heavy atom. The van der Waals surface area contributed by atoms with Crippen LogP contribution in [0.2, 0.25) is 0 Å². The number of nitrogens with zero attached hydrogens (tertiary/aromatic N) is 6. The zero-order valence-corrected chi connectivity index (χ0v) is 24.8. The maximum atomic E-state index is 13.7. The fourth-order valence-electron chi connectivity index (χ4n) is 5.83. The molecule has 2 fully saturated rings. The van der Waals surface area contributed by atoms with Crippen LogP contribution in [0.15, 0.2) is 60.7 Å². The highest BCUT2D eigenvalue weighted by molar-refractivity contribution is 5.98. The highest BCUT2D eigenvalue weighted by Gasteiger charge is 2.30. The Morgan fingerprint density at radius 3 is 2.02 bits per heavy atom. The smallest absolute Gasteiger partial charge is 0.264 e. The van der Waals surface area contributed by atoms with Crippen LogP contribution in [0.25, 0.3) is 0 Å². The third kappa shape index (κ3) is 7.17. The van der Waals surface area contributed by atoms with E-state index in [2.05, 4.69) is 15.3 Å². The second-order valence-electron chi connectivity index (χ2n) is 11.7. The summed E-state index contributed by atoms with van der Waals surface area (Å²) in [7, 11) is 0. The van der Waals surface area contributed by atoms with Crippen molar-refractivity contribution in [1.29, 1.82) is 0 Å². The molecule has 2 saturated heterocycles. The molecule has 3 aliphatic heterocycles. The van der Waals surface area contributed by atoms with Gasteiger partial charge in [-0.3, -0.25) is 9.69 Å². The lowest BCUT2D eigenvalue weighted by Crippen LogP contribution is -2.54. The van der Waals surface area contributed by atoms with Gasteiger partial charge in [0.25, 0.3) is 5.91 Å². The van der Waals surface area contributed by atoms with Crippen molar-refractivity contribution < 1.29 is 19.4 Å². The predicted molar refractivity (Wildman–Crippen MR) is 168 cm³/mol. The van der Waals surface area contributed by atoms with E-state index in [1.807, 2.05) is 40.1 Å². The van der Waals surface area contributed by atoms with E-state index in [4.69, 9.17) is 37.4 Å². The number of nitrogens with one attached hydrogen (secondary N) is 1. The summed E-state index contributed by atoms with van der Waals surface area (Å²) in [4.78, 5) is 33.0. The maximum Gasteiger partial charge on any atom is 0.264 e. The number of amides is 1. The fraction of sp³-hybridized carbons (Fsp3) is 0.400. The van der Waals surface area contributed by atoms with Gasteiger partial charge in [-0.15, -0.1) is 0 Å². The SMILES string of the molecule is NC1CC(N)CN(c2nc(Nc3ccc(C(=O)N(Cc4ccccc4)C4=COCO4)c(O)c3)nc(N3CC(N)CC(N)C3)n2)C1. The third-order valence-corrected chi connectivity index (χ3v) is 7.85. The predicted octanol–water partition coefficient (Wildman–Crippen LogP) is 0.496. The van der Waals surface area contributed by atoms with Gasteiger partial charge >= 0.3 is 0 Å². The number of nitrogens with two attached hydrogens (primary N) is 4. The van der Waals surface area contributed by atoms with Gasteiger partial charge in [0, 0.05) is 62.1 Å². The van der Waals surface area contributed by atoms with Crippen molar-refractivity contribution in [3.8, 4) is 5.75 Å². The first-order valence-corrected chi connectivity index (χ1v) is 14.9. The lowest BCUT2D eigenvalue weighted by Gasteiger charge is -2.37. The van der Waals surface area contributed by atoms with Crippen molar-refractivity contribution in [2.75, 3.05) is 48.1 Å². The molecule has 10 N–H and O–H groups in total. The molecule has 15 nitrogen and oxygen atoms in total. The second-order valence-corrected chi connectivity index (χ2v) is 11.7. The summed E-state index contributed by atoms with van der Waals surface area (Å²) in [6.45, 7) is 2.38. The molecule has 0 aliphatic carbocycles. The van der Waals surface area contributed by atoms with Crippen LogP contribution in [-0.2, 0) is 16.0 Å². The van der Waals surface area contributed by atoms with Crippen LogP contribution in [0.1, 0.15) is 28.8 Å². The van der Waals surface area contributed by atoms with Crippen LogP contribution in [0, 0.1) is 0 Å². The van der Waals surface area contributed by atoms with E-state index in [0.29, 0.717) is 56.6 Å². The Labute approximate surface area is 260 Å². The topological polar surface area (TPSA) is 220 Å². The molecule has 45 heavy (non-hydrogen) atoms. The first kappa shape index (κ1) is 30.3. The van der Waals surface area contributed by atoms with E-state index in [9.17, 15) is 9.90 Å². The van der Waals surface area contributed by atoms with Gasteiger partial charge in [0.05, 0.1) is 12.1 Å². The molecule has 0 spiro atoms. The number of piperidine rings is 2. The molecule has 2 aromatic carbocycles. The maximum absolute atomic E-state index is 13.7. The van der Waals surface area contributed by atoms with E-state index >= 15 is 0 Å². The third-order valence-electron chi connectivity index (χ3n) is 7.85. The number of aromatic hydroxyl groups is 1. The minimum atomic E-state index is -0.458. The molecule has 0 saturated carbocycles. The summed E-state index contributed by atoms with van der Waals surface area (Å²) in [6.07, 6.45) is 2.80. The highest BCUT2D eigenvalue weighted by atomic mass is 16.7. The quantitative estimate of drug-likeness (QED) is 0.203. The summed E-state index contributed by atoms with van der Waals surface area (Å²) in [6, 6.07) is 13.6. The Morgan fingerprint density at radius 2 is 1.49 bits per heavy atom. The molecule has 3 aliphatic rings. The van der Waals surface area contributed by atoms with Gasteiger partial charge in [-0.25, -0.2) is 0 Å². The molecular formula is C30H39N11O4. The van der Waals surface area contributed by atoms with E-state index in [-0.39, 0.29) is 60.6 Å². The Bertz CT molecular complexity index is 1480. The number of carbonyl (C=O) groups is 1. The molecule has 1 amide bonds. The van der Waals surface area contributed by atoms with Crippen molar-refractivity contribution in [3.63, 3.8) is 0 Å². The van der Waals surface area contributed by atoms with Crippen molar-refractivity contribution in [2.45, 2.75) is 43.6 Å². The Hall–Kier alpha value is -4.70. The standard InChI is InChI=1S/C30H39N11O4/c31-19-8-20(32)13-39(12-19)29-36-28(37-30(38-29)40-14-21(33)9-22(34)15-40)35-23-6-7-24(25(42)10-23)27(43)41(26-16-44-17-45-26)11-18-4-2-1-3-5-18/h1-7,10,16,19-22,42H,8-9,11-15,17,31-34H2,(H,35,36,37,38). The molecule has 238 valence electrons. The van der Waals surface area contributed by atoms with Gasteiger partial charge in [0.2, 0.25) is 30.5 Å². The highest BCUT2D eigenvalue weighted by Crippen LogP contribution is 2.29. The fourth-order valence-corrected chi connectivity index (χ4v) is 5.83. The second kappa shape index (κ2) is 13.1. The number of ether oxygens (including phenoxy) is 2. The van der Waals surface area contributed by atoms with Crippen LogP contribution >= 0.6 is 0 Å². The number of carbonyl (C=O) groups excluding carboxylic acids is 1. The molecule has 4 atom stereocenters. The zero-order chi connectivity index (χ0) is 31.5. The zero-order valence-electron chi connectivity index (χ0n) is 24.8. The molecule has 4 unspecified atom stereocenters. The number of phenolic OH excluding ortho intramolecular Hbond substituents is 1. The average Bonchev–Trinajstić information content (AvgIpc) is 3.54. The summed E-state index contributed by atoms with van der Waals surface area (Å²) in [5.74, 6) is 0.630. The first-order chi connectivity index (χ1) is 21.7. The minimum Gasteiger partial charge on any atom is -0.507 e. The first-order valence-electron chi connectivity index (χ1n) is 14.9. The van der Waals surface area contributed by atoms with Crippen LogP contribution in [0.5, 0.6) is 5.75 Å². The van der Waals surface area contributed by atoms with Gasteiger partial charge in [-0.1, -0.05) is 30.3 Å². The number of rotatable bonds is 8. The van der Waals surface area contributed by atoms with Gasteiger partial charge < -0.3 is 52.6 Å². The number of hydrogen-bond donors (Lipinski definition) is 6. The largest absolute Gasteiger partial charge is 0.507 e. The van der Waals surface area contributed by atoms with E-state index in [0.717, 1.165) is 5.56 Å². The summed E-state index contributed by atoms with van der Waals surface area (Å²) in [5, 5.41) is 14.2. The van der Waals surface area contributed by atoms with Crippen molar-refractivity contribution >= 4 is 29.4 Å². The Balaban J connectivity index is 1.27. The monoisotopic (exact) mass is 617 g/mol. The van der Waals surface area contributed by atoms with Crippen LogP contribution in [0.3, 0.4) is 0 Å². The summed E-state index contributed by atoms with van der Waals surface area (Å²) in [5.41, 5.74) is 26.5. The van der Waals surface area contributed by atoms with Crippen LogP contribution < -0.4 is 38.1 Å². The van der Waals surface area contributed by atoms with E-state index in [1.54, 1.807) is 6.07 Å². The number of hydrogen-bond acceptors (Lipinski definition) is 14. The van der Waals surface area contributed by atoms with E-state index < -0.39 is 5.91 Å². The normalized spacial score (nSPS) is 23.2. The lowest BCUT2D eigenvalue weighted by molar-refractivity contribution is 0.0397. The number of benzene rings is 2. The molecule has 0 bridgehead atoms. The number of anilines is 4. The summed E-state index contributed by atoms with van der Waals surface area (Å²) < 4.78 is 10.7. The molecule has 15 heteroatoms. The number of phenols is 1. The van der Waals surface area contributed by atoms with Gasteiger partial charge in [-0.05, 0) is 30.5 Å². The van der Waals surface area contributed by atoms with Gasteiger partial charge in [0.15, 0.2) is 0 Å². The van der Waals surface area contributed by atoms with Crippen molar-refractivity contribution in [1.82, 2.24) is 19.9 Å². The lowest BCUT2D eigenvalue weighted by atomic mass is 10.0. The number of aromatic nitrogens is 3. The molecule has 6 rings (SSSR count). The molecule has 3 aromatic rings. The molecule has 4 heterocycles. The van der Waals surface area contributed by atoms with Crippen LogP contribution in [0.4, 0.5) is 23.5 Å². The van der Waals surface area contributed by atoms with Gasteiger partial charge in [-0.2, -0.15) is 15.0 Å². The molecule has 1 aromatic heterocycles. The Kier molecular flexibility index (Phi) is 8.84. The molecular weight excluding hydrogens is 578 g/mol. The van der Waals surface area contributed by atoms with Crippen LogP contribution in [-0.4, -0.2) is 88.0 Å². The molecule has 0 radical (unpaired) electrons. The van der Waals surface area contributed by atoms with Gasteiger partial charge in [0.1, 0.15) is 12.0 Å². The van der Waals surface area contributed by atoms with Crippen molar-refractivity contribution in [2.24, 2.45) is 22.9 Å². The van der Waals surface area contributed by atoms with E-state index in [1.165, 1.54) is 23.3 Å². The average molecular weight is 618 g/mol. The van der Waals surface area contributed by atoms with Crippen molar-refractivity contribution in [3.05, 3.63) is 71.8 Å².